The molecule has 0 aromatic heterocycles. The van der Waals surface area contributed by atoms with Crippen LogP contribution in [0.4, 0.5) is 0 Å². The Hall–Kier alpha value is -2.26. The van der Waals surface area contributed by atoms with Crippen LogP contribution in [-0.2, 0) is 24.8 Å². The summed E-state index contributed by atoms with van der Waals surface area (Å²) in [6.07, 6.45) is 1.25. The molecule has 34 heavy (non-hydrogen) atoms. The van der Waals surface area contributed by atoms with Gasteiger partial charge < -0.3 is 9.53 Å². The number of carbonyl (C=O) groups excluding carboxylic acids is 1. The molecule has 8 heteroatoms. The van der Waals surface area contributed by atoms with Crippen LogP contribution in [0, 0.1) is 6.92 Å². The van der Waals surface area contributed by atoms with Gasteiger partial charge in [-0.25, -0.2) is 12.7 Å². The maximum atomic E-state index is 13.9. The molecule has 6 nitrogen and oxygen atoms in total. The highest BCUT2D eigenvalue weighted by atomic mass is 32.2. The normalized spacial score (nSPS) is 23.9. The van der Waals surface area contributed by atoms with E-state index in [0.29, 0.717) is 5.56 Å². The highest BCUT2D eigenvalue weighted by molar-refractivity contribution is 7.89. The number of sulfonamides is 1. The maximum Gasteiger partial charge on any atom is 0.273 e. The van der Waals surface area contributed by atoms with E-state index in [1.807, 2.05) is 6.92 Å². The largest absolute Gasteiger partial charge is 0.414 e. The third kappa shape index (κ3) is 4.40. The second-order valence-electron chi connectivity index (χ2n) is 10.6. The summed E-state index contributed by atoms with van der Waals surface area (Å²) in [6, 6.07) is 14.7. The van der Waals surface area contributed by atoms with Gasteiger partial charge in [0, 0.05) is 6.42 Å². The zero-order valence-electron chi connectivity index (χ0n) is 20.8. The van der Waals surface area contributed by atoms with Gasteiger partial charge in [-0.1, -0.05) is 74.9 Å². The van der Waals surface area contributed by atoms with Gasteiger partial charge in [0.2, 0.25) is 0 Å². The highest BCUT2D eigenvalue weighted by Crippen LogP contribution is 2.48. The average molecular weight is 502 g/mol. The number of benzene rings is 2. The van der Waals surface area contributed by atoms with E-state index in [2.05, 4.69) is 40.4 Å². The molecule has 1 saturated heterocycles. The number of amides is 1. The number of carbonyl (C=O) groups is 1. The van der Waals surface area contributed by atoms with Crippen molar-refractivity contribution in [2.45, 2.75) is 68.3 Å². The van der Waals surface area contributed by atoms with E-state index in [1.54, 1.807) is 42.5 Å². The standard InChI is InChI=1S/C26H35NO5SSi/c1-8-25(19-32-34(6,7)24(3,4)5)18-26(29,21-12-10-9-11-13-21)23(28)27(25)33(30,31)22-16-14-20(2)15-17-22/h8-17,29H,1,18-19H2,2-7H3/t25-,26-/m0/s1. The molecule has 2 aromatic carbocycles. The molecule has 0 radical (unpaired) electrons. The third-order valence-corrected chi connectivity index (χ3v) is 13.5. The summed E-state index contributed by atoms with van der Waals surface area (Å²) < 4.78 is 35.0. The predicted octanol–water partition coefficient (Wildman–Crippen LogP) is 4.75. The summed E-state index contributed by atoms with van der Waals surface area (Å²) in [5.41, 5.74) is -2.27. The first kappa shape index (κ1) is 26.3. The van der Waals surface area contributed by atoms with Crippen molar-refractivity contribution in [3.8, 4) is 0 Å². The lowest BCUT2D eigenvalue weighted by Crippen LogP contribution is -2.54. The molecule has 1 N–H and O–H groups in total. The number of nitrogens with zero attached hydrogens (tertiary/aromatic N) is 1. The topological polar surface area (TPSA) is 83.9 Å². The molecule has 1 aliphatic heterocycles. The fourth-order valence-corrected chi connectivity index (χ4v) is 6.68. The van der Waals surface area contributed by atoms with Gasteiger partial charge in [0.25, 0.3) is 15.9 Å². The molecule has 3 rings (SSSR count). The summed E-state index contributed by atoms with van der Waals surface area (Å²) >= 11 is 0. The summed E-state index contributed by atoms with van der Waals surface area (Å²) in [7, 11) is -6.64. The molecular weight excluding hydrogens is 466 g/mol. The van der Waals surface area contributed by atoms with Crippen molar-refractivity contribution in [3.63, 3.8) is 0 Å². The lowest BCUT2D eigenvalue weighted by atomic mass is 9.85. The number of hydrogen-bond donors (Lipinski definition) is 1. The molecule has 2 atom stereocenters. The van der Waals surface area contributed by atoms with Crippen LogP contribution in [0.5, 0.6) is 0 Å². The van der Waals surface area contributed by atoms with Gasteiger partial charge >= 0.3 is 0 Å². The van der Waals surface area contributed by atoms with Gasteiger partial charge in [-0.3, -0.25) is 4.79 Å². The van der Waals surface area contributed by atoms with Gasteiger partial charge in [-0.05, 0) is 42.8 Å². The first-order chi connectivity index (χ1) is 15.6. The Bertz CT molecular complexity index is 1170. The van der Waals surface area contributed by atoms with Crippen LogP contribution in [0.3, 0.4) is 0 Å². The Labute approximate surface area is 204 Å². The van der Waals surface area contributed by atoms with E-state index in [4.69, 9.17) is 4.43 Å². The minimum atomic E-state index is -4.32. The quantitative estimate of drug-likeness (QED) is 0.437. The minimum Gasteiger partial charge on any atom is -0.414 e. The monoisotopic (exact) mass is 501 g/mol. The molecule has 184 valence electrons. The molecule has 0 saturated carbocycles. The zero-order valence-corrected chi connectivity index (χ0v) is 22.6. The van der Waals surface area contributed by atoms with Crippen LogP contribution in [-0.4, -0.2) is 44.2 Å². The molecule has 1 fully saturated rings. The van der Waals surface area contributed by atoms with Crippen molar-refractivity contribution < 1.29 is 22.7 Å². The van der Waals surface area contributed by atoms with Crippen molar-refractivity contribution in [3.05, 3.63) is 78.4 Å². The smallest absolute Gasteiger partial charge is 0.273 e. The Morgan fingerprint density at radius 2 is 1.68 bits per heavy atom. The molecule has 0 bridgehead atoms. The summed E-state index contributed by atoms with van der Waals surface area (Å²) in [6.45, 7) is 16.0. The van der Waals surface area contributed by atoms with Gasteiger partial charge in [-0.15, -0.1) is 6.58 Å². The van der Waals surface area contributed by atoms with Crippen LogP contribution < -0.4 is 0 Å². The average Bonchev–Trinajstić information content (AvgIpc) is 3.01. The molecule has 1 heterocycles. The highest BCUT2D eigenvalue weighted by Gasteiger charge is 2.63. The van der Waals surface area contributed by atoms with E-state index in [-0.39, 0.29) is 23.0 Å². The molecule has 2 aromatic rings. The lowest BCUT2D eigenvalue weighted by molar-refractivity contribution is -0.140. The first-order valence-electron chi connectivity index (χ1n) is 11.3. The summed E-state index contributed by atoms with van der Waals surface area (Å²) in [4.78, 5) is 13.8. The fraction of sp³-hybridized carbons (Fsp3) is 0.423. The predicted molar refractivity (Wildman–Crippen MR) is 136 cm³/mol. The molecule has 1 aliphatic rings. The van der Waals surface area contributed by atoms with Crippen molar-refractivity contribution in [1.29, 1.82) is 0 Å². The van der Waals surface area contributed by atoms with Gasteiger partial charge in [0.05, 0.1) is 11.5 Å². The Morgan fingerprint density at radius 3 is 2.18 bits per heavy atom. The SMILES string of the molecule is C=C[C@@]1(CO[Si](C)(C)C(C)(C)C)C[C@](O)(c2ccccc2)C(=O)N1S(=O)(=O)c1ccc(C)cc1. The van der Waals surface area contributed by atoms with E-state index < -0.39 is 35.4 Å². The molecule has 1 amide bonds. The van der Waals surface area contributed by atoms with Gasteiger partial charge in [0.1, 0.15) is 5.54 Å². The van der Waals surface area contributed by atoms with Crippen LogP contribution in [0.1, 0.15) is 38.3 Å². The fourth-order valence-electron chi connectivity index (χ4n) is 3.91. The van der Waals surface area contributed by atoms with Crippen molar-refractivity contribution in [2.75, 3.05) is 6.61 Å². The molecule has 0 aliphatic carbocycles. The van der Waals surface area contributed by atoms with E-state index in [1.165, 1.54) is 18.2 Å². The second kappa shape index (κ2) is 8.75. The first-order valence-corrected chi connectivity index (χ1v) is 15.7. The van der Waals surface area contributed by atoms with Crippen LogP contribution in [0.15, 0.2) is 72.1 Å². The maximum absolute atomic E-state index is 13.9. The Morgan fingerprint density at radius 1 is 1.12 bits per heavy atom. The van der Waals surface area contributed by atoms with Crippen molar-refractivity contribution in [2.24, 2.45) is 0 Å². The van der Waals surface area contributed by atoms with Gasteiger partial charge in [-0.2, -0.15) is 0 Å². The Balaban J connectivity index is 2.18. The second-order valence-corrected chi connectivity index (χ2v) is 17.2. The van der Waals surface area contributed by atoms with E-state index >= 15 is 0 Å². The number of aliphatic hydroxyl groups is 1. The molecular formula is C26H35NO5SSi. The third-order valence-electron chi connectivity index (χ3n) is 7.18. The minimum absolute atomic E-state index is 0.0256. The van der Waals surface area contributed by atoms with E-state index in [0.717, 1.165) is 9.87 Å². The van der Waals surface area contributed by atoms with Crippen LogP contribution in [0.2, 0.25) is 18.1 Å². The Kier molecular flexibility index (Phi) is 6.78. The number of hydrogen-bond acceptors (Lipinski definition) is 5. The molecule has 0 spiro atoms. The summed E-state index contributed by atoms with van der Waals surface area (Å²) in [5.74, 6) is -0.905. The van der Waals surface area contributed by atoms with E-state index in [9.17, 15) is 18.3 Å². The number of aryl methyl sites for hydroxylation is 1. The van der Waals surface area contributed by atoms with Crippen molar-refractivity contribution in [1.82, 2.24) is 4.31 Å². The summed E-state index contributed by atoms with van der Waals surface area (Å²) in [5, 5.41) is 11.5. The van der Waals surface area contributed by atoms with Crippen molar-refractivity contribution >= 4 is 24.2 Å². The van der Waals surface area contributed by atoms with Crippen LogP contribution in [0.25, 0.3) is 0 Å². The van der Waals surface area contributed by atoms with Gasteiger partial charge in [0.15, 0.2) is 13.9 Å². The van der Waals surface area contributed by atoms with Crippen LogP contribution >= 0.6 is 0 Å². The lowest BCUT2D eigenvalue weighted by Gasteiger charge is -2.41. The molecule has 0 unspecified atom stereocenters. The number of rotatable bonds is 7. The zero-order chi connectivity index (χ0) is 25.6.